The quantitative estimate of drug-likeness (QED) is 0.447. The van der Waals surface area contributed by atoms with E-state index in [1.165, 1.54) is 0 Å². The highest BCUT2D eigenvalue weighted by molar-refractivity contribution is 9.09. The number of rotatable bonds is 4. The van der Waals surface area contributed by atoms with Crippen molar-refractivity contribution >= 4 is 21.9 Å². The minimum absolute atomic E-state index is 0.433. The fraction of sp³-hybridized carbons (Fsp3) is 0.375. The van der Waals surface area contributed by atoms with Gasteiger partial charge in [0.25, 0.3) is 0 Å². The first-order chi connectivity index (χ1) is 5.22. The van der Waals surface area contributed by atoms with Crippen LogP contribution in [0.3, 0.4) is 0 Å². The van der Waals surface area contributed by atoms with E-state index in [9.17, 15) is 4.79 Å². The number of carbonyl (C=O) groups is 1. The van der Waals surface area contributed by atoms with Crippen molar-refractivity contribution in [1.82, 2.24) is 0 Å². The molecule has 0 aliphatic heterocycles. The molecule has 0 fully saturated rings. The van der Waals surface area contributed by atoms with Crippen LogP contribution in [0.4, 0.5) is 0 Å². The van der Waals surface area contributed by atoms with Crippen LogP contribution >= 0.6 is 15.9 Å². The zero-order valence-electron chi connectivity index (χ0n) is 6.38. The first-order valence-corrected chi connectivity index (χ1v) is 4.49. The van der Waals surface area contributed by atoms with Gasteiger partial charge in [-0.25, -0.2) is 4.79 Å². The number of hydrogen-bond donors (Lipinski definition) is 1. The monoisotopic (exact) mass is 218 g/mol. The van der Waals surface area contributed by atoms with Gasteiger partial charge in [-0.15, -0.1) is 0 Å². The lowest BCUT2D eigenvalue weighted by molar-refractivity contribution is -0.132. The molecule has 0 saturated heterocycles. The molecule has 0 bridgehead atoms. The minimum atomic E-state index is -0.841. The molecule has 62 valence electrons. The molecule has 3 heteroatoms. The zero-order valence-corrected chi connectivity index (χ0v) is 7.97. The maximum absolute atomic E-state index is 10.4. The molecule has 0 radical (unpaired) electrons. The van der Waals surface area contributed by atoms with E-state index >= 15 is 0 Å². The Kier molecular flexibility index (Phi) is 5.84. The molecule has 0 unspecified atom stereocenters. The summed E-state index contributed by atoms with van der Waals surface area (Å²) in [6, 6.07) is 0. The molecule has 0 aliphatic rings. The summed E-state index contributed by atoms with van der Waals surface area (Å²) in [5, 5.41) is 9.31. The highest BCUT2D eigenvalue weighted by Crippen LogP contribution is 2.00. The molecule has 0 atom stereocenters. The van der Waals surface area contributed by atoms with Gasteiger partial charge < -0.3 is 5.11 Å². The van der Waals surface area contributed by atoms with Gasteiger partial charge in [0.1, 0.15) is 0 Å². The minimum Gasteiger partial charge on any atom is -0.478 e. The number of alkyl halides is 1. The third-order valence-corrected chi connectivity index (χ3v) is 1.55. The standard InChI is InChI=1S/C8H11BrO2/c1-2-7(8(10)11)5-3-4-6-9/h3-5H,2,6H2,1H3,(H,10,11). The molecule has 11 heavy (non-hydrogen) atoms. The second kappa shape index (κ2) is 6.16. The van der Waals surface area contributed by atoms with Crippen LogP contribution in [0.25, 0.3) is 0 Å². The van der Waals surface area contributed by atoms with Gasteiger partial charge in [0, 0.05) is 10.9 Å². The van der Waals surface area contributed by atoms with Crippen LogP contribution in [-0.2, 0) is 4.79 Å². The largest absolute Gasteiger partial charge is 0.478 e. The van der Waals surface area contributed by atoms with Crippen molar-refractivity contribution < 1.29 is 9.90 Å². The summed E-state index contributed by atoms with van der Waals surface area (Å²) in [6.45, 7) is 1.82. The number of halogens is 1. The average Bonchev–Trinajstić information content (AvgIpc) is 1.97. The lowest BCUT2D eigenvalue weighted by Crippen LogP contribution is -1.97. The summed E-state index contributed by atoms with van der Waals surface area (Å²) in [7, 11) is 0. The van der Waals surface area contributed by atoms with Gasteiger partial charge in [0.05, 0.1) is 0 Å². The van der Waals surface area contributed by atoms with E-state index in [2.05, 4.69) is 15.9 Å². The Morgan fingerprint density at radius 3 is 2.64 bits per heavy atom. The molecule has 2 nitrogen and oxygen atoms in total. The SMILES string of the molecule is CCC(=CC=CCBr)C(=O)O. The molecule has 0 amide bonds. The van der Waals surface area contributed by atoms with Crippen LogP contribution in [0.5, 0.6) is 0 Å². The van der Waals surface area contributed by atoms with Gasteiger partial charge in [-0.2, -0.15) is 0 Å². The topological polar surface area (TPSA) is 37.3 Å². The highest BCUT2D eigenvalue weighted by Gasteiger charge is 2.00. The van der Waals surface area contributed by atoms with Crippen LogP contribution in [-0.4, -0.2) is 16.4 Å². The molecule has 0 aliphatic carbocycles. The first kappa shape index (κ1) is 10.4. The van der Waals surface area contributed by atoms with E-state index in [1.807, 2.05) is 13.0 Å². The van der Waals surface area contributed by atoms with Gasteiger partial charge in [-0.05, 0) is 6.42 Å². The molecular weight excluding hydrogens is 208 g/mol. The van der Waals surface area contributed by atoms with Gasteiger partial charge >= 0.3 is 5.97 Å². The van der Waals surface area contributed by atoms with E-state index in [-0.39, 0.29) is 0 Å². The van der Waals surface area contributed by atoms with Crippen molar-refractivity contribution in [3.8, 4) is 0 Å². The van der Waals surface area contributed by atoms with E-state index in [0.29, 0.717) is 12.0 Å². The summed E-state index contributed by atoms with van der Waals surface area (Å²) in [4.78, 5) is 10.4. The van der Waals surface area contributed by atoms with Crippen molar-refractivity contribution in [3.05, 3.63) is 23.8 Å². The van der Waals surface area contributed by atoms with Gasteiger partial charge in [0.15, 0.2) is 0 Å². The normalized spacial score (nSPS) is 12.4. The number of carboxylic acids is 1. The molecule has 0 aromatic carbocycles. The average molecular weight is 219 g/mol. The summed E-state index contributed by atoms with van der Waals surface area (Å²) < 4.78 is 0. The molecule has 0 heterocycles. The van der Waals surface area contributed by atoms with Crippen molar-refractivity contribution in [1.29, 1.82) is 0 Å². The maximum Gasteiger partial charge on any atom is 0.331 e. The molecular formula is C8H11BrO2. The smallest absolute Gasteiger partial charge is 0.331 e. The van der Waals surface area contributed by atoms with E-state index in [0.717, 1.165) is 5.33 Å². The number of hydrogen-bond acceptors (Lipinski definition) is 1. The van der Waals surface area contributed by atoms with Crippen LogP contribution in [0.15, 0.2) is 23.8 Å². The zero-order chi connectivity index (χ0) is 8.69. The van der Waals surface area contributed by atoms with Gasteiger partial charge in [-0.1, -0.05) is 41.1 Å². The molecule has 0 aromatic rings. The van der Waals surface area contributed by atoms with Crippen LogP contribution in [0.1, 0.15) is 13.3 Å². The number of carboxylic acid groups (broad SMARTS) is 1. The Morgan fingerprint density at radius 2 is 2.27 bits per heavy atom. The van der Waals surface area contributed by atoms with Crippen LogP contribution < -0.4 is 0 Å². The second-order valence-corrected chi connectivity index (χ2v) is 2.58. The molecule has 0 spiro atoms. The van der Waals surface area contributed by atoms with Crippen molar-refractivity contribution in [3.63, 3.8) is 0 Å². The maximum atomic E-state index is 10.4. The van der Waals surface area contributed by atoms with Crippen molar-refractivity contribution in [2.24, 2.45) is 0 Å². The van der Waals surface area contributed by atoms with Crippen LogP contribution in [0, 0.1) is 0 Å². The molecule has 0 saturated carbocycles. The number of allylic oxidation sites excluding steroid dienone is 3. The summed E-state index contributed by atoms with van der Waals surface area (Å²) in [5.74, 6) is -0.841. The molecule has 0 aromatic heterocycles. The van der Waals surface area contributed by atoms with Crippen LogP contribution in [0.2, 0.25) is 0 Å². The molecule has 1 N–H and O–H groups in total. The predicted octanol–water partition coefficient (Wildman–Crippen LogP) is 2.36. The summed E-state index contributed by atoms with van der Waals surface area (Å²) >= 11 is 3.19. The fourth-order valence-electron chi connectivity index (χ4n) is 0.576. The fourth-order valence-corrected chi connectivity index (χ4v) is 0.792. The lowest BCUT2D eigenvalue weighted by atomic mass is 10.2. The number of aliphatic carboxylic acids is 1. The first-order valence-electron chi connectivity index (χ1n) is 3.37. The van der Waals surface area contributed by atoms with E-state index < -0.39 is 5.97 Å². The predicted molar refractivity (Wildman–Crippen MR) is 48.9 cm³/mol. The molecule has 0 rings (SSSR count). The third-order valence-electron chi connectivity index (χ3n) is 1.18. The van der Waals surface area contributed by atoms with Crippen molar-refractivity contribution in [2.75, 3.05) is 5.33 Å². The van der Waals surface area contributed by atoms with E-state index in [4.69, 9.17) is 5.11 Å². The Hall–Kier alpha value is -0.570. The Labute approximate surface area is 74.7 Å². The van der Waals surface area contributed by atoms with Crippen molar-refractivity contribution in [2.45, 2.75) is 13.3 Å². The summed E-state index contributed by atoms with van der Waals surface area (Å²) in [6.07, 6.45) is 5.76. The van der Waals surface area contributed by atoms with E-state index in [1.54, 1.807) is 12.2 Å². The second-order valence-electron chi connectivity index (χ2n) is 1.93. The summed E-state index contributed by atoms with van der Waals surface area (Å²) in [5.41, 5.74) is 0.433. The third kappa shape index (κ3) is 4.79. The highest BCUT2D eigenvalue weighted by atomic mass is 79.9. The lowest BCUT2D eigenvalue weighted by Gasteiger charge is -1.92. The Morgan fingerprint density at radius 1 is 1.64 bits per heavy atom. The Balaban J connectivity index is 4.12. The van der Waals surface area contributed by atoms with Gasteiger partial charge in [-0.3, -0.25) is 0 Å². The van der Waals surface area contributed by atoms with Gasteiger partial charge in [0.2, 0.25) is 0 Å². The Bertz CT molecular complexity index is 183.